The molecule has 0 aliphatic carbocycles. The molecule has 0 saturated carbocycles. The van der Waals surface area contributed by atoms with E-state index in [2.05, 4.69) is 15.9 Å². The molecule has 0 aliphatic heterocycles. The average molecular weight is 249 g/mol. The Morgan fingerprint density at radius 3 is 2.67 bits per heavy atom. The largest absolute Gasteiger partial charge is 0.612 e. The van der Waals surface area contributed by atoms with Crippen LogP contribution in [0.15, 0.2) is 27.6 Å². The molecule has 66 valence electrons. The summed E-state index contributed by atoms with van der Waals surface area (Å²) in [5.74, 6) is 0.666. The third-order valence-electron chi connectivity index (χ3n) is 1.44. The second kappa shape index (κ2) is 4.16. The van der Waals surface area contributed by atoms with E-state index >= 15 is 0 Å². The zero-order valence-corrected chi connectivity index (χ0v) is 9.24. The van der Waals surface area contributed by atoms with Crippen LogP contribution in [0.2, 0.25) is 0 Å². The zero-order chi connectivity index (χ0) is 9.14. The third-order valence-corrected chi connectivity index (χ3v) is 2.87. The minimum atomic E-state index is -1.01. The molecule has 1 aromatic carbocycles. The number of rotatable bonds is 2. The van der Waals surface area contributed by atoms with Crippen LogP contribution in [0.25, 0.3) is 0 Å². The molecule has 0 spiro atoms. The van der Waals surface area contributed by atoms with Crippen LogP contribution in [0.5, 0.6) is 5.75 Å². The summed E-state index contributed by atoms with van der Waals surface area (Å²) >= 11 is 2.30. The van der Waals surface area contributed by atoms with Crippen LogP contribution in [0.1, 0.15) is 0 Å². The van der Waals surface area contributed by atoms with Gasteiger partial charge in [-0.25, -0.2) is 0 Å². The van der Waals surface area contributed by atoms with Crippen LogP contribution in [0.4, 0.5) is 0 Å². The molecular weight excluding hydrogens is 240 g/mol. The van der Waals surface area contributed by atoms with Gasteiger partial charge in [0.2, 0.25) is 0 Å². The number of ether oxygens (including phenoxy) is 1. The van der Waals surface area contributed by atoms with Crippen LogP contribution < -0.4 is 4.74 Å². The van der Waals surface area contributed by atoms with Gasteiger partial charge in [0, 0.05) is 10.5 Å². The van der Waals surface area contributed by atoms with Gasteiger partial charge in [0.15, 0.2) is 10.6 Å². The predicted molar refractivity (Wildman–Crippen MR) is 53.0 cm³/mol. The summed E-state index contributed by atoms with van der Waals surface area (Å²) in [6, 6.07) is 5.45. The summed E-state index contributed by atoms with van der Waals surface area (Å²) in [6.07, 6.45) is 1.63. The van der Waals surface area contributed by atoms with E-state index < -0.39 is 11.2 Å². The maximum atomic E-state index is 11.2. The third kappa shape index (κ3) is 2.15. The fourth-order valence-corrected chi connectivity index (χ4v) is 2.12. The lowest BCUT2D eigenvalue weighted by atomic mass is 10.3. The summed E-state index contributed by atoms with van der Waals surface area (Å²) < 4.78 is 17.1. The first-order chi connectivity index (χ1) is 5.65. The summed E-state index contributed by atoms with van der Waals surface area (Å²) in [4.78, 5) is 0.715. The van der Waals surface area contributed by atoms with E-state index in [1.165, 1.54) is 0 Å². The van der Waals surface area contributed by atoms with E-state index in [-0.39, 0.29) is 0 Å². The monoisotopic (exact) mass is 248 g/mol. The quantitative estimate of drug-likeness (QED) is 0.752. The second-order valence-corrected chi connectivity index (χ2v) is 4.51. The van der Waals surface area contributed by atoms with Crippen molar-refractivity contribution in [2.75, 3.05) is 13.4 Å². The Balaban J connectivity index is 3.12. The number of hydrogen-bond acceptors (Lipinski definition) is 2. The first-order valence-corrected chi connectivity index (χ1v) is 5.67. The number of benzene rings is 1. The van der Waals surface area contributed by atoms with Gasteiger partial charge in [0.1, 0.15) is 6.26 Å². The van der Waals surface area contributed by atoms with E-state index in [1.807, 2.05) is 6.07 Å². The molecule has 0 heterocycles. The fourth-order valence-electron chi connectivity index (χ4n) is 0.875. The molecule has 2 nitrogen and oxygen atoms in total. The molecule has 1 rings (SSSR count). The molecule has 0 unspecified atom stereocenters. The lowest BCUT2D eigenvalue weighted by Gasteiger charge is -2.08. The van der Waals surface area contributed by atoms with Gasteiger partial charge in [-0.05, 0) is 23.3 Å². The zero-order valence-electron chi connectivity index (χ0n) is 6.83. The maximum Gasteiger partial charge on any atom is 0.195 e. The maximum absolute atomic E-state index is 11.2. The summed E-state index contributed by atoms with van der Waals surface area (Å²) in [5.41, 5.74) is 0. The van der Waals surface area contributed by atoms with Crippen LogP contribution >= 0.6 is 15.9 Å². The highest BCUT2D eigenvalue weighted by Gasteiger charge is 2.12. The van der Waals surface area contributed by atoms with Crippen LogP contribution in [0.3, 0.4) is 0 Å². The molecule has 0 aliphatic rings. The van der Waals surface area contributed by atoms with E-state index in [4.69, 9.17) is 4.74 Å². The Morgan fingerprint density at radius 2 is 2.17 bits per heavy atom. The van der Waals surface area contributed by atoms with Crippen molar-refractivity contribution in [3.05, 3.63) is 22.7 Å². The molecule has 0 amide bonds. The van der Waals surface area contributed by atoms with E-state index in [0.29, 0.717) is 10.6 Å². The Kier molecular flexibility index (Phi) is 3.43. The van der Waals surface area contributed by atoms with Crippen molar-refractivity contribution in [1.82, 2.24) is 0 Å². The molecule has 12 heavy (non-hydrogen) atoms. The Labute approximate surface area is 83.2 Å². The molecule has 0 bridgehead atoms. The van der Waals surface area contributed by atoms with Gasteiger partial charge in [0.05, 0.1) is 7.11 Å². The van der Waals surface area contributed by atoms with Crippen molar-refractivity contribution < 1.29 is 9.29 Å². The highest BCUT2D eigenvalue weighted by Crippen LogP contribution is 2.26. The molecule has 0 fully saturated rings. The van der Waals surface area contributed by atoms with Crippen molar-refractivity contribution in [3.63, 3.8) is 0 Å². The normalized spacial score (nSPS) is 12.7. The molecule has 0 saturated heterocycles. The van der Waals surface area contributed by atoms with Gasteiger partial charge in [-0.2, -0.15) is 0 Å². The second-order valence-electron chi connectivity index (χ2n) is 2.25. The molecule has 4 heteroatoms. The lowest BCUT2D eigenvalue weighted by Crippen LogP contribution is -2.00. The first-order valence-electron chi connectivity index (χ1n) is 3.32. The Morgan fingerprint density at radius 1 is 1.50 bits per heavy atom. The van der Waals surface area contributed by atoms with Gasteiger partial charge in [0.25, 0.3) is 0 Å². The van der Waals surface area contributed by atoms with Crippen molar-refractivity contribution in [3.8, 4) is 5.75 Å². The molecule has 1 atom stereocenters. The molecule has 0 N–H and O–H groups in total. The van der Waals surface area contributed by atoms with Gasteiger partial charge in [-0.3, -0.25) is 0 Å². The van der Waals surface area contributed by atoms with Gasteiger partial charge in [-0.1, -0.05) is 15.9 Å². The lowest BCUT2D eigenvalue weighted by molar-refractivity contribution is 0.402. The van der Waals surface area contributed by atoms with Crippen molar-refractivity contribution in [2.45, 2.75) is 4.90 Å². The summed E-state index contributed by atoms with van der Waals surface area (Å²) in [6.45, 7) is 0. The van der Waals surface area contributed by atoms with Gasteiger partial charge >= 0.3 is 0 Å². The van der Waals surface area contributed by atoms with E-state index in [9.17, 15) is 4.55 Å². The number of hydrogen-bond donors (Lipinski definition) is 0. The van der Waals surface area contributed by atoms with Gasteiger partial charge < -0.3 is 9.29 Å². The minimum absolute atomic E-state index is 0.666. The highest BCUT2D eigenvalue weighted by molar-refractivity contribution is 9.10. The topological polar surface area (TPSA) is 32.3 Å². The Hall–Kier alpha value is -0.190. The number of halogens is 1. The van der Waals surface area contributed by atoms with Crippen LogP contribution in [-0.2, 0) is 11.2 Å². The number of methoxy groups -OCH3 is 1. The van der Waals surface area contributed by atoms with E-state index in [0.717, 1.165) is 4.47 Å². The minimum Gasteiger partial charge on any atom is -0.612 e. The first kappa shape index (κ1) is 9.89. The smallest absolute Gasteiger partial charge is 0.195 e. The molecule has 1 aromatic rings. The van der Waals surface area contributed by atoms with Crippen molar-refractivity contribution >= 4 is 27.1 Å². The Bertz CT molecular complexity index is 276. The average Bonchev–Trinajstić information content (AvgIpc) is 2.04. The molecular formula is C8H9BrO2S. The predicted octanol–water partition coefficient (Wildman–Crippen LogP) is 2.20. The SMILES string of the molecule is COc1ccc(Br)cc1[S@+](C)[O-]. The van der Waals surface area contributed by atoms with Crippen molar-refractivity contribution in [2.24, 2.45) is 0 Å². The van der Waals surface area contributed by atoms with Crippen molar-refractivity contribution in [1.29, 1.82) is 0 Å². The molecule has 0 radical (unpaired) electrons. The summed E-state index contributed by atoms with van der Waals surface area (Å²) in [5, 5.41) is 0. The summed E-state index contributed by atoms with van der Waals surface area (Å²) in [7, 11) is 1.57. The fraction of sp³-hybridized carbons (Fsp3) is 0.250. The van der Waals surface area contributed by atoms with Gasteiger partial charge in [-0.15, -0.1) is 0 Å². The van der Waals surface area contributed by atoms with Crippen LogP contribution in [0, 0.1) is 0 Å². The van der Waals surface area contributed by atoms with Crippen LogP contribution in [-0.4, -0.2) is 17.9 Å². The highest BCUT2D eigenvalue weighted by atomic mass is 79.9. The molecule has 0 aromatic heterocycles. The van der Waals surface area contributed by atoms with E-state index in [1.54, 1.807) is 25.5 Å². The standard InChI is InChI=1S/C8H9BrO2S/c1-11-7-4-3-6(9)5-8(7)12(2)10/h3-5H,1-2H3/t12-/m0/s1.